The Morgan fingerprint density at radius 2 is 1.58 bits per heavy atom. The van der Waals surface area contributed by atoms with Gasteiger partial charge in [0.25, 0.3) is 0 Å². The van der Waals surface area contributed by atoms with E-state index in [1.165, 1.54) is 12.1 Å². The van der Waals surface area contributed by atoms with Gasteiger partial charge >= 0.3 is 6.18 Å². The third kappa shape index (κ3) is 2.49. The van der Waals surface area contributed by atoms with E-state index in [4.69, 9.17) is 4.74 Å². The highest BCUT2D eigenvalue weighted by atomic mass is 19.4. The van der Waals surface area contributed by atoms with Crippen LogP contribution >= 0.6 is 0 Å². The number of hydrogen-bond donors (Lipinski definition) is 0. The highest BCUT2D eigenvalue weighted by Crippen LogP contribution is 2.38. The predicted octanol–water partition coefficient (Wildman–Crippen LogP) is 4.44. The second-order valence-electron chi connectivity index (χ2n) is 4.48. The van der Waals surface area contributed by atoms with Gasteiger partial charge in [-0.05, 0) is 28.8 Å². The van der Waals surface area contributed by atoms with Crippen molar-refractivity contribution in [1.29, 1.82) is 0 Å². The maximum atomic E-state index is 12.5. The molecule has 19 heavy (non-hydrogen) atoms. The van der Waals surface area contributed by atoms with Crippen LogP contribution < -0.4 is 0 Å². The molecule has 0 spiro atoms. The first-order chi connectivity index (χ1) is 9.05. The molecule has 0 radical (unpaired) electrons. The van der Waals surface area contributed by atoms with Crippen LogP contribution in [0.3, 0.4) is 0 Å². The second-order valence-corrected chi connectivity index (χ2v) is 4.48. The fourth-order valence-corrected chi connectivity index (χ4v) is 2.11. The number of benzene rings is 2. The van der Waals surface area contributed by atoms with Crippen molar-refractivity contribution in [2.75, 3.05) is 6.61 Å². The van der Waals surface area contributed by atoms with E-state index in [0.717, 1.165) is 28.8 Å². The van der Waals surface area contributed by atoms with Crippen molar-refractivity contribution >= 4 is 0 Å². The zero-order valence-electron chi connectivity index (χ0n) is 9.95. The van der Waals surface area contributed by atoms with Crippen LogP contribution in [0.4, 0.5) is 13.2 Å². The standard InChI is InChI=1S/C15H11F3O/c16-15(17,18)11-7-5-10(6-8-11)12-3-1-2-4-13(12)14-9-19-14/h1-8,14H,9H2/t14-/m1/s1. The molecule has 0 saturated carbocycles. The smallest absolute Gasteiger partial charge is 0.368 e. The maximum absolute atomic E-state index is 12.5. The van der Waals surface area contributed by atoms with Gasteiger partial charge in [-0.3, -0.25) is 0 Å². The SMILES string of the molecule is FC(F)(F)c1ccc(-c2ccccc2[C@H]2CO2)cc1. The van der Waals surface area contributed by atoms with Gasteiger partial charge in [0.05, 0.1) is 12.2 Å². The van der Waals surface area contributed by atoms with Gasteiger partial charge in [-0.2, -0.15) is 13.2 Å². The zero-order chi connectivity index (χ0) is 13.5. The van der Waals surface area contributed by atoms with Crippen LogP contribution in [-0.4, -0.2) is 6.61 Å². The highest BCUT2D eigenvalue weighted by Gasteiger charge is 2.30. The van der Waals surface area contributed by atoms with Gasteiger partial charge in [-0.1, -0.05) is 36.4 Å². The number of ether oxygens (including phenoxy) is 1. The van der Waals surface area contributed by atoms with Crippen LogP contribution in [0.5, 0.6) is 0 Å². The van der Waals surface area contributed by atoms with Gasteiger partial charge in [0.1, 0.15) is 6.10 Å². The Bertz CT molecular complexity index is 583. The van der Waals surface area contributed by atoms with Gasteiger partial charge < -0.3 is 4.74 Å². The van der Waals surface area contributed by atoms with E-state index >= 15 is 0 Å². The third-order valence-corrected chi connectivity index (χ3v) is 3.16. The van der Waals surface area contributed by atoms with Gasteiger partial charge in [-0.15, -0.1) is 0 Å². The van der Waals surface area contributed by atoms with Crippen molar-refractivity contribution in [2.24, 2.45) is 0 Å². The normalized spacial score (nSPS) is 18.4. The number of rotatable bonds is 2. The molecule has 1 fully saturated rings. The Labute approximate surface area is 108 Å². The van der Waals surface area contributed by atoms with Gasteiger partial charge in [0.15, 0.2) is 0 Å². The summed E-state index contributed by atoms with van der Waals surface area (Å²) < 4.78 is 42.8. The Morgan fingerprint density at radius 3 is 2.16 bits per heavy atom. The third-order valence-electron chi connectivity index (χ3n) is 3.16. The van der Waals surface area contributed by atoms with E-state index in [-0.39, 0.29) is 6.10 Å². The fraction of sp³-hybridized carbons (Fsp3) is 0.200. The number of halogens is 3. The summed E-state index contributed by atoms with van der Waals surface area (Å²) in [5.74, 6) is 0. The molecule has 98 valence electrons. The zero-order valence-corrected chi connectivity index (χ0v) is 9.95. The lowest BCUT2D eigenvalue weighted by atomic mass is 9.97. The lowest BCUT2D eigenvalue weighted by molar-refractivity contribution is -0.137. The molecule has 0 bridgehead atoms. The summed E-state index contributed by atoms with van der Waals surface area (Å²) >= 11 is 0. The molecule has 3 rings (SSSR count). The summed E-state index contributed by atoms with van der Waals surface area (Å²) in [6.45, 7) is 0.678. The van der Waals surface area contributed by atoms with Crippen LogP contribution in [0, 0.1) is 0 Å². The van der Waals surface area contributed by atoms with E-state index in [2.05, 4.69) is 0 Å². The minimum absolute atomic E-state index is 0.0819. The predicted molar refractivity (Wildman–Crippen MR) is 65.6 cm³/mol. The molecule has 2 aromatic carbocycles. The molecule has 0 unspecified atom stereocenters. The van der Waals surface area contributed by atoms with E-state index < -0.39 is 11.7 Å². The largest absolute Gasteiger partial charge is 0.416 e. The molecule has 4 heteroatoms. The second kappa shape index (κ2) is 4.38. The average molecular weight is 264 g/mol. The Balaban J connectivity index is 1.99. The topological polar surface area (TPSA) is 12.5 Å². The van der Waals surface area contributed by atoms with Crippen LogP contribution in [0.1, 0.15) is 17.2 Å². The molecule has 1 aliphatic heterocycles. The first-order valence-corrected chi connectivity index (χ1v) is 5.94. The van der Waals surface area contributed by atoms with Gasteiger partial charge in [0, 0.05) is 0 Å². The summed E-state index contributed by atoms with van der Waals surface area (Å²) in [5, 5.41) is 0. The molecule has 1 atom stereocenters. The minimum atomic E-state index is -4.29. The Morgan fingerprint density at radius 1 is 0.947 bits per heavy atom. The van der Waals surface area contributed by atoms with Crippen molar-refractivity contribution in [3.8, 4) is 11.1 Å². The molecule has 0 amide bonds. The first kappa shape index (κ1) is 12.2. The van der Waals surface area contributed by atoms with E-state index in [1.54, 1.807) is 0 Å². The highest BCUT2D eigenvalue weighted by molar-refractivity contribution is 5.68. The summed E-state index contributed by atoms with van der Waals surface area (Å²) in [7, 11) is 0. The lowest BCUT2D eigenvalue weighted by Gasteiger charge is -2.10. The Hall–Kier alpha value is -1.81. The average Bonchev–Trinajstić information content (AvgIpc) is 3.22. The summed E-state index contributed by atoms with van der Waals surface area (Å²) in [4.78, 5) is 0. The van der Waals surface area contributed by atoms with Crippen LogP contribution in [0.15, 0.2) is 48.5 Å². The van der Waals surface area contributed by atoms with E-state index in [1.807, 2.05) is 24.3 Å². The number of epoxide rings is 1. The van der Waals surface area contributed by atoms with Crippen molar-refractivity contribution in [3.05, 3.63) is 59.7 Å². The van der Waals surface area contributed by atoms with E-state index in [0.29, 0.717) is 6.61 Å². The van der Waals surface area contributed by atoms with Crippen molar-refractivity contribution in [3.63, 3.8) is 0 Å². The van der Waals surface area contributed by atoms with E-state index in [9.17, 15) is 13.2 Å². The number of hydrogen-bond acceptors (Lipinski definition) is 1. The molecule has 1 nitrogen and oxygen atoms in total. The van der Waals surface area contributed by atoms with Crippen LogP contribution in [-0.2, 0) is 10.9 Å². The minimum Gasteiger partial charge on any atom is -0.368 e. The van der Waals surface area contributed by atoms with Gasteiger partial charge in [-0.25, -0.2) is 0 Å². The maximum Gasteiger partial charge on any atom is 0.416 e. The first-order valence-electron chi connectivity index (χ1n) is 5.94. The summed E-state index contributed by atoms with van der Waals surface area (Å²) in [6, 6.07) is 12.9. The quantitative estimate of drug-likeness (QED) is 0.730. The molecular weight excluding hydrogens is 253 g/mol. The Kier molecular flexibility index (Phi) is 2.82. The number of alkyl halides is 3. The van der Waals surface area contributed by atoms with Crippen molar-refractivity contribution in [1.82, 2.24) is 0 Å². The van der Waals surface area contributed by atoms with Gasteiger partial charge in [0.2, 0.25) is 0 Å². The van der Waals surface area contributed by atoms with Crippen LogP contribution in [0.2, 0.25) is 0 Å². The lowest BCUT2D eigenvalue weighted by Crippen LogP contribution is -2.04. The molecule has 2 aromatic rings. The summed E-state index contributed by atoms with van der Waals surface area (Å²) in [6.07, 6.45) is -4.21. The molecule has 1 heterocycles. The monoisotopic (exact) mass is 264 g/mol. The molecular formula is C15H11F3O. The molecule has 0 aliphatic carbocycles. The molecule has 0 N–H and O–H groups in total. The summed E-state index contributed by atoms with van der Waals surface area (Å²) in [5.41, 5.74) is 2.11. The molecule has 1 saturated heterocycles. The molecule has 1 aliphatic rings. The molecule has 0 aromatic heterocycles. The van der Waals surface area contributed by atoms with Crippen LogP contribution in [0.25, 0.3) is 11.1 Å². The fourth-order valence-electron chi connectivity index (χ4n) is 2.11. The van der Waals surface area contributed by atoms with Crippen molar-refractivity contribution in [2.45, 2.75) is 12.3 Å². The van der Waals surface area contributed by atoms with Crippen molar-refractivity contribution < 1.29 is 17.9 Å².